The van der Waals surface area contributed by atoms with E-state index in [0.29, 0.717) is 6.10 Å². The summed E-state index contributed by atoms with van der Waals surface area (Å²) >= 11 is 3.53. The molecule has 0 spiro atoms. The smallest absolute Gasteiger partial charge is 0.193 e. The Morgan fingerprint density at radius 3 is 2.77 bits per heavy atom. The zero-order valence-corrected chi connectivity index (χ0v) is 17.6. The molecule has 0 atom stereocenters. The highest BCUT2D eigenvalue weighted by Crippen LogP contribution is 2.15. The Morgan fingerprint density at radius 1 is 1.27 bits per heavy atom. The SMILES string of the molecule is CN=C(NCCCc1cccc(Br)c1)N1CCC(OCCCOC)CC1. The first-order valence-electron chi connectivity index (χ1n) is 9.53. The largest absolute Gasteiger partial charge is 0.385 e. The number of halogens is 1. The van der Waals surface area contributed by atoms with Gasteiger partial charge in [0.1, 0.15) is 0 Å². The number of benzene rings is 1. The van der Waals surface area contributed by atoms with E-state index in [-0.39, 0.29) is 0 Å². The van der Waals surface area contributed by atoms with Gasteiger partial charge >= 0.3 is 0 Å². The summed E-state index contributed by atoms with van der Waals surface area (Å²) in [5, 5.41) is 3.51. The minimum atomic E-state index is 0.373. The molecule has 6 heteroatoms. The molecule has 146 valence electrons. The summed E-state index contributed by atoms with van der Waals surface area (Å²) < 4.78 is 12.1. The summed E-state index contributed by atoms with van der Waals surface area (Å²) in [5.41, 5.74) is 1.36. The van der Waals surface area contributed by atoms with Crippen LogP contribution in [0.4, 0.5) is 0 Å². The molecule has 0 aliphatic carbocycles. The molecule has 0 radical (unpaired) electrons. The third kappa shape index (κ3) is 7.64. The number of aryl methyl sites for hydroxylation is 1. The summed E-state index contributed by atoms with van der Waals surface area (Å²) in [7, 11) is 3.60. The number of methoxy groups -OCH3 is 1. The molecule has 0 amide bonds. The Labute approximate surface area is 166 Å². The zero-order chi connectivity index (χ0) is 18.6. The van der Waals surface area contributed by atoms with Crippen molar-refractivity contribution in [3.63, 3.8) is 0 Å². The molecular formula is C20H32BrN3O2. The van der Waals surface area contributed by atoms with Crippen molar-refractivity contribution < 1.29 is 9.47 Å². The van der Waals surface area contributed by atoms with Crippen LogP contribution in [0.5, 0.6) is 0 Å². The molecule has 1 saturated heterocycles. The van der Waals surface area contributed by atoms with E-state index in [9.17, 15) is 0 Å². The lowest BCUT2D eigenvalue weighted by Crippen LogP contribution is -2.47. The lowest BCUT2D eigenvalue weighted by Gasteiger charge is -2.34. The number of guanidine groups is 1. The van der Waals surface area contributed by atoms with Crippen molar-refractivity contribution in [3.05, 3.63) is 34.3 Å². The highest BCUT2D eigenvalue weighted by Gasteiger charge is 2.21. The molecule has 1 fully saturated rings. The van der Waals surface area contributed by atoms with Crippen LogP contribution in [-0.4, -0.2) is 64.0 Å². The number of nitrogens with one attached hydrogen (secondary N) is 1. The Morgan fingerprint density at radius 2 is 2.08 bits per heavy atom. The third-order valence-electron chi connectivity index (χ3n) is 4.61. The van der Waals surface area contributed by atoms with E-state index < -0.39 is 0 Å². The number of hydrogen-bond acceptors (Lipinski definition) is 3. The predicted octanol–water partition coefficient (Wildman–Crippen LogP) is 3.47. The van der Waals surface area contributed by atoms with Gasteiger partial charge in [-0.3, -0.25) is 4.99 Å². The molecule has 1 aliphatic heterocycles. The summed E-state index contributed by atoms with van der Waals surface area (Å²) in [6, 6.07) is 8.52. The van der Waals surface area contributed by atoms with Crippen LogP contribution in [0, 0.1) is 0 Å². The molecular weight excluding hydrogens is 394 g/mol. The van der Waals surface area contributed by atoms with Crippen LogP contribution in [0.15, 0.2) is 33.7 Å². The average molecular weight is 426 g/mol. The molecule has 1 aromatic rings. The molecule has 1 aliphatic rings. The van der Waals surface area contributed by atoms with Crippen molar-refractivity contribution in [2.75, 3.05) is 47.0 Å². The second kappa shape index (κ2) is 12.3. The van der Waals surface area contributed by atoms with Gasteiger partial charge in [-0.05, 0) is 49.8 Å². The Kier molecular flexibility index (Phi) is 10.0. The number of nitrogens with zero attached hydrogens (tertiary/aromatic N) is 2. The first-order valence-corrected chi connectivity index (χ1v) is 10.3. The standard InChI is InChI=1S/C20H32BrN3O2/c1-22-20(23-11-4-7-17-6-3-8-18(21)16-17)24-12-9-19(10-13-24)26-15-5-14-25-2/h3,6,8,16,19H,4-5,7,9-15H2,1-2H3,(H,22,23). The molecule has 0 unspecified atom stereocenters. The van der Waals surface area contributed by atoms with E-state index in [1.165, 1.54) is 5.56 Å². The number of hydrogen-bond donors (Lipinski definition) is 1. The van der Waals surface area contributed by atoms with Gasteiger partial charge in [-0.2, -0.15) is 0 Å². The van der Waals surface area contributed by atoms with Crippen LogP contribution in [-0.2, 0) is 15.9 Å². The first-order chi connectivity index (χ1) is 12.7. The number of rotatable bonds is 9. The third-order valence-corrected chi connectivity index (χ3v) is 5.11. The van der Waals surface area contributed by atoms with Gasteiger partial charge < -0.3 is 19.7 Å². The zero-order valence-electron chi connectivity index (χ0n) is 16.0. The molecule has 26 heavy (non-hydrogen) atoms. The highest BCUT2D eigenvalue weighted by molar-refractivity contribution is 9.10. The maximum Gasteiger partial charge on any atom is 0.193 e. The molecule has 5 nitrogen and oxygen atoms in total. The topological polar surface area (TPSA) is 46.1 Å². The van der Waals surface area contributed by atoms with Crippen LogP contribution in [0.2, 0.25) is 0 Å². The van der Waals surface area contributed by atoms with Gasteiger partial charge in [-0.15, -0.1) is 0 Å². The van der Waals surface area contributed by atoms with Crippen molar-refractivity contribution in [1.29, 1.82) is 0 Å². The minimum absolute atomic E-state index is 0.373. The van der Waals surface area contributed by atoms with Crippen LogP contribution >= 0.6 is 15.9 Å². The normalized spacial score (nSPS) is 16.1. The lowest BCUT2D eigenvalue weighted by molar-refractivity contribution is 0.00991. The summed E-state index contributed by atoms with van der Waals surface area (Å²) in [6.45, 7) is 4.50. The molecule has 1 heterocycles. The maximum atomic E-state index is 5.93. The van der Waals surface area contributed by atoms with Crippen LogP contribution in [0.3, 0.4) is 0 Å². The molecule has 0 bridgehead atoms. The second-order valence-corrected chi connectivity index (χ2v) is 7.53. The molecule has 2 rings (SSSR count). The van der Waals surface area contributed by atoms with Crippen LogP contribution in [0.1, 0.15) is 31.2 Å². The fourth-order valence-corrected chi connectivity index (χ4v) is 3.65. The Hall–Kier alpha value is -1.11. The molecule has 1 aromatic carbocycles. The molecule has 0 saturated carbocycles. The van der Waals surface area contributed by atoms with E-state index in [4.69, 9.17) is 9.47 Å². The summed E-state index contributed by atoms with van der Waals surface area (Å²) in [5.74, 6) is 1.01. The van der Waals surface area contributed by atoms with Crippen molar-refractivity contribution in [1.82, 2.24) is 10.2 Å². The number of ether oxygens (including phenoxy) is 2. The first kappa shape index (κ1) is 21.2. The monoisotopic (exact) mass is 425 g/mol. The van der Waals surface area contributed by atoms with Gasteiger partial charge in [-0.25, -0.2) is 0 Å². The van der Waals surface area contributed by atoms with Gasteiger partial charge in [-0.1, -0.05) is 28.1 Å². The number of piperidine rings is 1. The van der Waals surface area contributed by atoms with Gasteiger partial charge in [0.2, 0.25) is 0 Å². The van der Waals surface area contributed by atoms with Gasteiger partial charge in [0.15, 0.2) is 5.96 Å². The fraction of sp³-hybridized carbons (Fsp3) is 0.650. The summed E-state index contributed by atoms with van der Waals surface area (Å²) in [6.07, 6.45) is 5.63. The Balaban J connectivity index is 1.63. The van der Waals surface area contributed by atoms with Crippen molar-refractivity contribution in [2.45, 2.75) is 38.2 Å². The second-order valence-electron chi connectivity index (χ2n) is 6.61. The maximum absolute atomic E-state index is 5.93. The van der Waals surface area contributed by atoms with Crippen LogP contribution < -0.4 is 5.32 Å². The van der Waals surface area contributed by atoms with E-state index in [1.807, 2.05) is 7.05 Å². The lowest BCUT2D eigenvalue weighted by atomic mass is 10.1. The molecule has 0 aromatic heterocycles. The van der Waals surface area contributed by atoms with Gasteiger partial charge in [0, 0.05) is 51.5 Å². The average Bonchev–Trinajstić information content (AvgIpc) is 2.66. The van der Waals surface area contributed by atoms with E-state index in [1.54, 1.807) is 7.11 Å². The predicted molar refractivity (Wildman–Crippen MR) is 111 cm³/mol. The molecule has 1 N–H and O–H groups in total. The minimum Gasteiger partial charge on any atom is -0.385 e. The van der Waals surface area contributed by atoms with Gasteiger partial charge in [0.05, 0.1) is 6.10 Å². The number of likely N-dealkylation sites (tertiary alicyclic amines) is 1. The van der Waals surface area contributed by atoms with Crippen LogP contribution in [0.25, 0.3) is 0 Å². The Bertz CT molecular complexity index is 546. The quantitative estimate of drug-likeness (QED) is 0.373. The van der Waals surface area contributed by atoms with E-state index in [0.717, 1.165) is 75.4 Å². The van der Waals surface area contributed by atoms with E-state index >= 15 is 0 Å². The fourth-order valence-electron chi connectivity index (χ4n) is 3.20. The van der Waals surface area contributed by atoms with Gasteiger partial charge in [0.25, 0.3) is 0 Å². The van der Waals surface area contributed by atoms with E-state index in [2.05, 4.69) is 55.4 Å². The van der Waals surface area contributed by atoms with Crippen molar-refractivity contribution in [2.24, 2.45) is 4.99 Å². The number of aliphatic imine (C=N–C) groups is 1. The highest BCUT2D eigenvalue weighted by atomic mass is 79.9. The van der Waals surface area contributed by atoms with Crippen molar-refractivity contribution in [3.8, 4) is 0 Å². The van der Waals surface area contributed by atoms with Crippen molar-refractivity contribution >= 4 is 21.9 Å². The summed E-state index contributed by atoms with van der Waals surface area (Å²) in [4.78, 5) is 6.79.